The van der Waals surface area contributed by atoms with Crippen LogP contribution in [-0.4, -0.2) is 48.6 Å². The standard InChI is InChI=1S/C27H39N3O2/c31-25(14-13-21-8-7-17-28-20-21)30-18-15-24(16-19-30)29-27(32)26(22-9-3-1-4-10-22)23-11-5-2-6-12-23/h3,8-10,20,23-24,26H,1-2,4-7,11-19H2,(H,29,32). The van der Waals surface area contributed by atoms with E-state index in [2.05, 4.69) is 34.6 Å². The lowest BCUT2D eigenvalue weighted by atomic mass is 9.75. The lowest BCUT2D eigenvalue weighted by Crippen LogP contribution is -2.49. The average molecular weight is 438 g/mol. The number of carbonyl (C=O) groups excluding carboxylic acids is 2. The molecule has 5 nitrogen and oxygen atoms in total. The van der Waals surface area contributed by atoms with Crippen molar-refractivity contribution in [2.45, 2.75) is 83.1 Å². The molecule has 2 heterocycles. The van der Waals surface area contributed by atoms with Crippen LogP contribution < -0.4 is 5.32 Å². The van der Waals surface area contributed by atoms with Gasteiger partial charge in [0, 0.05) is 38.3 Å². The molecule has 174 valence electrons. The normalized spacial score (nSPS) is 23.4. The van der Waals surface area contributed by atoms with E-state index in [9.17, 15) is 9.59 Å². The number of amides is 2. The fourth-order valence-electron chi connectivity index (χ4n) is 5.67. The van der Waals surface area contributed by atoms with Gasteiger partial charge in [-0.1, -0.05) is 43.6 Å². The molecule has 0 spiro atoms. The zero-order valence-electron chi connectivity index (χ0n) is 19.4. The second-order valence-electron chi connectivity index (χ2n) is 9.83. The van der Waals surface area contributed by atoms with Crippen LogP contribution in [0.25, 0.3) is 0 Å². The molecule has 1 saturated heterocycles. The summed E-state index contributed by atoms with van der Waals surface area (Å²) in [6.45, 7) is 2.35. The van der Waals surface area contributed by atoms with Crippen LogP contribution in [0.2, 0.25) is 0 Å². The monoisotopic (exact) mass is 437 g/mol. The molecule has 1 atom stereocenters. The maximum Gasteiger partial charge on any atom is 0.228 e. The van der Waals surface area contributed by atoms with Gasteiger partial charge in [0.05, 0.1) is 5.92 Å². The summed E-state index contributed by atoms with van der Waals surface area (Å²) >= 11 is 0. The number of piperidine rings is 1. The van der Waals surface area contributed by atoms with Crippen molar-refractivity contribution in [1.82, 2.24) is 10.2 Å². The van der Waals surface area contributed by atoms with Crippen molar-refractivity contribution in [3.63, 3.8) is 0 Å². The zero-order valence-corrected chi connectivity index (χ0v) is 19.4. The summed E-state index contributed by atoms with van der Waals surface area (Å²) in [4.78, 5) is 32.3. The van der Waals surface area contributed by atoms with E-state index in [1.807, 2.05) is 11.1 Å². The Bertz CT molecular complexity index is 781. The maximum atomic E-state index is 13.4. The minimum absolute atomic E-state index is 0.00283. The number of aliphatic imine (C=N–C) groups is 1. The Kier molecular flexibility index (Phi) is 8.36. The minimum atomic E-state index is -0.00283. The number of allylic oxidation sites excluding steroid dienone is 4. The first kappa shape index (κ1) is 23.0. The van der Waals surface area contributed by atoms with Crippen LogP contribution >= 0.6 is 0 Å². The molecule has 0 aromatic rings. The quantitative estimate of drug-likeness (QED) is 0.625. The Morgan fingerprint density at radius 2 is 1.84 bits per heavy atom. The third-order valence-electron chi connectivity index (χ3n) is 7.53. The van der Waals surface area contributed by atoms with Crippen molar-refractivity contribution in [2.24, 2.45) is 16.8 Å². The fraction of sp³-hybridized carbons (Fsp3) is 0.667. The van der Waals surface area contributed by atoms with E-state index >= 15 is 0 Å². The van der Waals surface area contributed by atoms with Crippen LogP contribution in [0.3, 0.4) is 0 Å². The van der Waals surface area contributed by atoms with Gasteiger partial charge in [-0.05, 0) is 68.4 Å². The molecule has 1 N–H and O–H groups in total. The van der Waals surface area contributed by atoms with Crippen LogP contribution in [0, 0.1) is 11.8 Å². The highest BCUT2D eigenvalue weighted by atomic mass is 16.2. The number of nitrogens with one attached hydrogen (secondary N) is 1. The van der Waals surface area contributed by atoms with Crippen molar-refractivity contribution in [1.29, 1.82) is 0 Å². The number of nitrogens with zero attached hydrogens (tertiary/aromatic N) is 2. The molecule has 2 amide bonds. The molecule has 5 heteroatoms. The van der Waals surface area contributed by atoms with Gasteiger partial charge in [0.1, 0.15) is 0 Å². The van der Waals surface area contributed by atoms with Crippen molar-refractivity contribution in [2.75, 3.05) is 19.6 Å². The smallest absolute Gasteiger partial charge is 0.228 e. The van der Waals surface area contributed by atoms with Crippen molar-refractivity contribution < 1.29 is 9.59 Å². The third-order valence-corrected chi connectivity index (χ3v) is 7.53. The molecule has 0 bridgehead atoms. The molecule has 1 unspecified atom stereocenters. The Balaban J connectivity index is 1.27. The van der Waals surface area contributed by atoms with E-state index in [4.69, 9.17) is 0 Å². The Labute approximate surface area is 193 Å². The van der Waals surface area contributed by atoms with Gasteiger partial charge in [0.2, 0.25) is 11.8 Å². The van der Waals surface area contributed by atoms with Gasteiger partial charge in [-0.2, -0.15) is 0 Å². The molecule has 2 fully saturated rings. The second kappa shape index (κ2) is 11.6. The van der Waals surface area contributed by atoms with Crippen LogP contribution in [0.1, 0.15) is 77.0 Å². The average Bonchev–Trinajstić information content (AvgIpc) is 2.85. The first-order valence-electron chi connectivity index (χ1n) is 12.8. The van der Waals surface area contributed by atoms with Gasteiger partial charge in [-0.15, -0.1) is 0 Å². The number of hydrogen-bond donors (Lipinski definition) is 1. The van der Waals surface area contributed by atoms with Gasteiger partial charge in [-0.25, -0.2) is 0 Å². The van der Waals surface area contributed by atoms with E-state index < -0.39 is 0 Å². The number of hydrogen-bond acceptors (Lipinski definition) is 3. The molecular formula is C27H39N3O2. The van der Waals surface area contributed by atoms with Gasteiger partial charge in [0.25, 0.3) is 0 Å². The van der Waals surface area contributed by atoms with Gasteiger partial charge in [0.15, 0.2) is 0 Å². The van der Waals surface area contributed by atoms with Crippen molar-refractivity contribution >= 4 is 18.0 Å². The molecule has 1 saturated carbocycles. The summed E-state index contributed by atoms with van der Waals surface area (Å²) < 4.78 is 0. The fourth-order valence-corrected chi connectivity index (χ4v) is 5.67. The van der Waals surface area contributed by atoms with E-state index in [1.54, 1.807) is 0 Å². The Morgan fingerprint density at radius 3 is 2.53 bits per heavy atom. The molecule has 2 aliphatic carbocycles. The highest BCUT2D eigenvalue weighted by Gasteiger charge is 2.33. The number of carbonyl (C=O) groups is 2. The topological polar surface area (TPSA) is 61.8 Å². The number of dihydropyridines is 1. The van der Waals surface area contributed by atoms with Crippen LogP contribution in [0.15, 0.2) is 40.4 Å². The lowest BCUT2D eigenvalue weighted by Gasteiger charge is -2.35. The molecule has 0 aromatic carbocycles. The van der Waals surface area contributed by atoms with Gasteiger partial charge >= 0.3 is 0 Å². The van der Waals surface area contributed by atoms with E-state index in [0.717, 1.165) is 71.0 Å². The molecule has 0 aromatic heterocycles. The molecule has 4 rings (SSSR count). The highest BCUT2D eigenvalue weighted by molar-refractivity contribution is 5.83. The van der Waals surface area contributed by atoms with E-state index in [0.29, 0.717) is 12.3 Å². The predicted octanol–water partition coefficient (Wildman–Crippen LogP) is 4.75. The number of rotatable bonds is 7. The second-order valence-corrected chi connectivity index (χ2v) is 9.83. The predicted molar refractivity (Wildman–Crippen MR) is 130 cm³/mol. The third kappa shape index (κ3) is 6.20. The van der Waals surface area contributed by atoms with Gasteiger partial charge in [-0.3, -0.25) is 14.6 Å². The van der Waals surface area contributed by atoms with Crippen LogP contribution in [-0.2, 0) is 9.59 Å². The van der Waals surface area contributed by atoms with Gasteiger partial charge < -0.3 is 10.2 Å². The van der Waals surface area contributed by atoms with Crippen LogP contribution in [0.5, 0.6) is 0 Å². The summed E-state index contributed by atoms with van der Waals surface area (Å²) in [5.41, 5.74) is 2.42. The maximum absolute atomic E-state index is 13.4. The first-order chi connectivity index (χ1) is 15.7. The summed E-state index contributed by atoms with van der Waals surface area (Å²) in [6, 6.07) is 0.180. The highest BCUT2D eigenvalue weighted by Crippen LogP contribution is 2.36. The summed E-state index contributed by atoms with van der Waals surface area (Å²) in [5.74, 6) is 0.907. The largest absolute Gasteiger partial charge is 0.353 e. The molecule has 32 heavy (non-hydrogen) atoms. The molecular weight excluding hydrogens is 398 g/mol. The van der Waals surface area contributed by atoms with Crippen LogP contribution in [0.4, 0.5) is 0 Å². The molecule has 4 aliphatic rings. The summed E-state index contributed by atoms with van der Waals surface area (Å²) in [6.07, 6.45) is 23.1. The molecule has 2 aliphatic heterocycles. The lowest BCUT2D eigenvalue weighted by molar-refractivity contribution is -0.132. The van der Waals surface area contributed by atoms with E-state index in [1.165, 1.54) is 30.4 Å². The zero-order chi connectivity index (χ0) is 22.2. The Hall–Kier alpha value is -2.17. The first-order valence-corrected chi connectivity index (χ1v) is 12.8. The Morgan fingerprint density at radius 1 is 1.03 bits per heavy atom. The number of likely N-dealkylation sites (tertiary alicyclic amines) is 1. The summed E-state index contributed by atoms with van der Waals surface area (Å²) in [7, 11) is 0. The van der Waals surface area contributed by atoms with E-state index in [-0.39, 0.29) is 23.8 Å². The molecule has 0 radical (unpaired) electrons. The minimum Gasteiger partial charge on any atom is -0.353 e. The summed E-state index contributed by atoms with van der Waals surface area (Å²) in [5, 5.41) is 3.38. The van der Waals surface area contributed by atoms with Crippen molar-refractivity contribution in [3.8, 4) is 0 Å². The van der Waals surface area contributed by atoms with Crippen molar-refractivity contribution in [3.05, 3.63) is 35.5 Å². The SMILES string of the molecule is O=C(NC1CCN(C(=O)CCC2=CCCN=C2)CC1)C(C1=CCCC=C1)C1CCCCC1.